The largest absolute Gasteiger partial charge is 0.469 e. The Kier molecular flexibility index (Phi) is 3.61. The quantitative estimate of drug-likeness (QED) is 0.731. The molecule has 1 saturated heterocycles. The molecule has 1 aromatic rings. The summed E-state index contributed by atoms with van der Waals surface area (Å²) in [4.78, 5) is 18.1. The molecule has 1 aliphatic heterocycles. The monoisotopic (exact) mass is 234 g/mol. The average Bonchev–Trinajstić information content (AvgIpc) is 2.39. The summed E-state index contributed by atoms with van der Waals surface area (Å²) in [6.07, 6.45) is 2.64. The molecule has 2 rings (SSSR count). The van der Waals surface area contributed by atoms with Gasteiger partial charge in [-0.3, -0.25) is 4.79 Å². The third-order valence-corrected chi connectivity index (χ3v) is 3.38. The van der Waals surface area contributed by atoms with Crippen LogP contribution in [-0.4, -0.2) is 31.2 Å². The molecule has 1 aromatic heterocycles. The van der Waals surface area contributed by atoms with Crippen LogP contribution in [0.3, 0.4) is 0 Å². The SMILES string of the molecule is COC(=O)C1CCN(c2ccccn2)CC1C. The number of hydrogen-bond donors (Lipinski definition) is 0. The highest BCUT2D eigenvalue weighted by Crippen LogP contribution is 2.26. The molecule has 0 bridgehead atoms. The summed E-state index contributed by atoms with van der Waals surface area (Å²) < 4.78 is 4.83. The molecule has 0 N–H and O–H groups in total. The zero-order chi connectivity index (χ0) is 12.3. The Morgan fingerprint density at radius 2 is 2.35 bits per heavy atom. The van der Waals surface area contributed by atoms with Crippen molar-refractivity contribution in [3.63, 3.8) is 0 Å². The standard InChI is InChI=1S/C13H18N2O2/c1-10-9-15(12-5-3-4-7-14-12)8-6-11(10)13(16)17-2/h3-5,7,10-11H,6,8-9H2,1-2H3. The van der Waals surface area contributed by atoms with Crippen LogP contribution >= 0.6 is 0 Å². The van der Waals surface area contributed by atoms with E-state index in [1.165, 1.54) is 7.11 Å². The Morgan fingerprint density at radius 1 is 1.53 bits per heavy atom. The molecule has 0 amide bonds. The van der Waals surface area contributed by atoms with Crippen LogP contribution < -0.4 is 4.90 Å². The van der Waals surface area contributed by atoms with E-state index >= 15 is 0 Å². The number of anilines is 1. The first-order valence-electron chi connectivity index (χ1n) is 5.96. The van der Waals surface area contributed by atoms with E-state index in [0.29, 0.717) is 5.92 Å². The Bertz CT molecular complexity index is 380. The average molecular weight is 234 g/mol. The highest BCUT2D eigenvalue weighted by atomic mass is 16.5. The summed E-state index contributed by atoms with van der Waals surface area (Å²) in [5, 5.41) is 0. The molecule has 2 unspecified atom stereocenters. The maximum absolute atomic E-state index is 11.6. The van der Waals surface area contributed by atoms with Crippen molar-refractivity contribution in [2.45, 2.75) is 13.3 Å². The van der Waals surface area contributed by atoms with Gasteiger partial charge in [0, 0.05) is 19.3 Å². The lowest BCUT2D eigenvalue weighted by Gasteiger charge is -2.36. The molecule has 17 heavy (non-hydrogen) atoms. The van der Waals surface area contributed by atoms with Crippen molar-refractivity contribution < 1.29 is 9.53 Å². The van der Waals surface area contributed by atoms with Crippen LogP contribution in [0.2, 0.25) is 0 Å². The van der Waals surface area contributed by atoms with Crippen LogP contribution in [0.4, 0.5) is 5.82 Å². The predicted molar refractivity (Wildman–Crippen MR) is 65.7 cm³/mol. The first kappa shape index (κ1) is 11.9. The fourth-order valence-electron chi connectivity index (χ4n) is 2.40. The van der Waals surface area contributed by atoms with Crippen molar-refractivity contribution in [3.05, 3.63) is 24.4 Å². The molecule has 4 nitrogen and oxygen atoms in total. The molecule has 0 spiro atoms. The minimum absolute atomic E-state index is 0.0277. The molecular formula is C13H18N2O2. The Labute approximate surface area is 102 Å². The van der Waals surface area contributed by atoms with Gasteiger partial charge in [0.2, 0.25) is 0 Å². The van der Waals surface area contributed by atoms with Crippen LogP contribution in [0.5, 0.6) is 0 Å². The number of piperidine rings is 1. The van der Waals surface area contributed by atoms with E-state index in [0.717, 1.165) is 25.3 Å². The van der Waals surface area contributed by atoms with Gasteiger partial charge in [-0.25, -0.2) is 4.98 Å². The Hall–Kier alpha value is -1.58. The lowest BCUT2D eigenvalue weighted by atomic mass is 9.87. The van der Waals surface area contributed by atoms with Crippen molar-refractivity contribution in [3.8, 4) is 0 Å². The summed E-state index contributed by atoms with van der Waals surface area (Å²) in [5.41, 5.74) is 0. The van der Waals surface area contributed by atoms with Gasteiger partial charge in [-0.05, 0) is 24.5 Å². The van der Waals surface area contributed by atoms with Crippen molar-refractivity contribution in [1.82, 2.24) is 4.98 Å². The summed E-state index contributed by atoms with van der Waals surface area (Å²) in [7, 11) is 1.46. The van der Waals surface area contributed by atoms with Crippen molar-refractivity contribution in [1.29, 1.82) is 0 Å². The minimum Gasteiger partial charge on any atom is -0.469 e. The molecule has 0 aromatic carbocycles. The number of esters is 1. The maximum Gasteiger partial charge on any atom is 0.309 e. The smallest absolute Gasteiger partial charge is 0.309 e. The fourth-order valence-corrected chi connectivity index (χ4v) is 2.40. The number of carbonyl (C=O) groups is 1. The van der Waals surface area contributed by atoms with E-state index in [1.54, 1.807) is 6.20 Å². The minimum atomic E-state index is -0.0850. The van der Waals surface area contributed by atoms with Gasteiger partial charge in [0.1, 0.15) is 5.82 Å². The third-order valence-electron chi connectivity index (χ3n) is 3.38. The summed E-state index contributed by atoms with van der Waals surface area (Å²) in [6, 6.07) is 5.90. The first-order chi connectivity index (χ1) is 8.22. The van der Waals surface area contributed by atoms with Gasteiger partial charge in [-0.2, -0.15) is 0 Å². The van der Waals surface area contributed by atoms with Crippen molar-refractivity contribution >= 4 is 11.8 Å². The number of rotatable bonds is 2. The second-order valence-corrected chi connectivity index (χ2v) is 4.53. The number of carbonyl (C=O) groups excluding carboxylic acids is 1. The van der Waals surface area contributed by atoms with Crippen molar-refractivity contribution in [2.24, 2.45) is 11.8 Å². The molecule has 2 atom stereocenters. The lowest BCUT2D eigenvalue weighted by molar-refractivity contribution is -0.147. The second-order valence-electron chi connectivity index (χ2n) is 4.53. The van der Waals surface area contributed by atoms with Gasteiger partial charge in [-0.15, -0.1) is 0 Å². The molecule has 0 saturated carbocycles. The molecular weight excluding hydrogens is 216 g/mol. The van der Waals surface area contributed by atoms with Gasteiger partial charge < -0.3 is 9.64 Å². The number of aromatic nitrogens is 1. The number of methoxy groups -OCH3 is 1. The van der Waals surface area contributed by atoms with E-state index in [-0.39, 0.29) is 11.9 Å². The molecule has 2 heterocycles. The number of pyridine rings is 1. The van der Waals surface area contributed by atoms with Gasteiger partial charge in [-0.1, -0.05) is 13.0 Å². The van der Waals surface area contributed by atoms with Crippen LogP contribution in [0.25, 0.3) is 0 Å². The molecule has 0 aliphatic carbocycles. The summed E-state index contributed by atoms with van der Waals surface area (Å²) in [5.74, 6) is 1.24. The first-order valence-corrected chi connectivity index (χ1v) is 5.96. The number of hydrogen-bond acceptors (Lipinski definition) is 4. The Balaban J connectivity index is 2.02. The van der Waals surface area contributed by atoms with Gasteiger partial charge in [0.15, 0.2) is 0 Å². The molecule has 1 fully saturated rings. The molecule has 0 radical (unpaired) electrons. The van der Waals surface area contributed by atoms with E-state index in [2.05, 4.69) is 16.8 Å². The number of ether oxygens (including phenoxy) is 1. The van der Waals surface area contributed by atoms with Crippen LogP contribution in [-0.2, 0) is 9.53 Å². The van der Waals surface area contributed by atoms with Crippen LogP contribution in [0, 0.1) is 11.8 Å². The van der Waals surface area contributed by atoms with Gasteiger partial charge >= 0.3 is 5.97 Å². The van der Waals surface area contributed by atoms with E-state index in [9.17, 15) is 4.79 Å². The Morgan fingerprint density at radius 3 is 2.94 bits per heavy atom. The number of nitrogens with zero attached hydrogens (tertiary/aromatic N) is 2. The highest BCUT2D eigenvalue weighted by molar-refractivity contribution is 5.73. The van der Waals surface area contributed by atoms with Gasteiger partial charge in [0.05, 0.1) is 13.0 Å². The zero-order valence-corrected chi connectivity index (χ0v) is 10.3. The fraction of sp³-hybridized carbons (Fsp3) is 0.538. The predicted octanol–water partition coefficient (Wildman–Crippen LogP) is 1.72. The van der Waals surface area contributed by atoms with E-state index in [1.807, 2.05) is 18.2 Å². The molecule has 4 heteroatoms. The van der Waals surface area contributed by atoms with Crippen LogP contribution in [0.1, 0.15) is 13.3 Å². The molecule has 1 aliphatic rings. The summed E-state index contributed by atoms with van der Waals surface area (Å²) >= 11 is 0. The van der Waals surface area contributed by atoms with Crippen molar-refractivity contribution in [2.75, 3.05) is 25.1 Å². The third kappa shape index (κ3) is 2.57. The maximum atomic E-state index is 11.6. The van der Waals surface area contributed by atoms with E-state index in [4.69, 9.17) is 4.74 Å². The van der Waals surface area contributed by atoms with E-state index < -0.39 is 0 Å². The second kappa shape index (κ2) is 5.17. The zero-order valence-electron chi connectivity index (χ0n) is 10.3. The summed E-state index contributed by atoms with van der Waals surface area (Å²) in [6.45, 7) is 3.81. The van der Waals surface area contributed by atoms with Crippen LogP contribution in [0.15, 0.2) is 24.4 Å². The molecule has 92 valence electrons. The highest BCUT2D eigenvalue weighted by Gasteiger charge is 2.32. The normalized spacial score (nSPS) is 24.5. The van der Waals surface area contributed by atoms with Gasteiger partial charge in [0.25, 0.3) is 0 Å². The lowest BCUT2D eigenvalue weighted by Crippen LogP contribution is -2.42. The topological polar surface area (TPSA) is 42.4 Å².